The van der Waals surface area contributed by atoms with Gasteiger partial charge in [0.05, 0.1) is 17.0 Å². The molecule has 1 N–H and O–H groups in total. The number of rotatable bonds is 4. The summed E-state index contributed by atoms with van der Waals surface area (Å²) in [4.78, 5) is 27.4. The molecule has 3 aromatic rings. The predicted octanol–water partition coefficient (Wildman–Crippen LogP) is 3.04. The summed E-state index contributed by atoms with van der Waals surface area (Å²) >= 11 is 0. The van der Waals surface area contributed by atoms with Crippen molar-refractivity contribution in [2.24, 2.45) is 20.0 Å². The number of fused-ring (bicyclic) bond motifs is 1. The van der Waals surface area contributed by atoms with Crippen LogP contribution in [0.4, 0.5) is 5.69 Å². The Hall–Kier alpha value is -2.86. The van der Waals surface area contributed by atoms with E-state index in [1.165, 1.54) is 11.1 Å². The summed E-state index contributed by atoms with van der Waals surface area (Å²) in [5, 5.41) is 3.07. The molecule has 152 valence electrons. The molecule has 1 fully saturated rings. The van der Waals surface area contributed by atoms with Crippen molar-refractivity contribution >= 4 is 22.6 Å². The lowest BCUT2D eigenvalue weighted by Crippen LogP contribution is -2.40. The van der Waals surface area contributed by atoms with Crippen LogP contribution in [-0.4, -0.2) is 33.0 Å². The van der Waals surface area contributed by atoms with Crippen molar-refractivity contribution < 1.29 is 4.79 Å². The van der Waals surface area contributed by atoms with Gasteiger partial charge in [-0.15, -0.1) is 0 Å². The third-order valence-electron chi connectivity index (χ3n) is 6.07. The number of carbonyl (C=O) groups excluding carboxylic acids is 1. The van der Waals surface area contributed by atoms with Gasteiger partial charge in [-0.3, -0.25) is 18.8 Å². The Bertz CT molecular complexity index is 1110. The van der Waals surface area contributed by atoms with Crippen molar-refractivity contribution in [3.63, 3.8) is 0 Å². The van der Waals surface area contributed by atoms with Gasteiger partial charge in [-0.05, 0) is 55.6 Å². The highest BCUT2D eigenvalue weighted by molar-refractivity contribution is 5.94. The summed E-state index contributed by atoms with van der Waals surface area (Å²) in [5.41, 5.74) is 4.96. The van der Waals surface area contributed by atoms with Gasteiger partial charge < -0.3 is 5.32 Å². The van der Waals surface area contributed by atoms with Gasteiger partial charge in [0, 0.05) is 32.9 Å². The van der Waals surface area contributed by atoms with Gasteiger partial charge in [0.15, 0.2) is 0 Å². The molecular weight excluding hydrogens is 364 g/mol. The number of benzene rings is 2. The molecule has 2 heterocycles. The minimum absolute atomic E-state index is 0.0249. The molecule has 0 bridgehead atoms. The van der Waals surface area contributed by atoms with Crippen LogP contribution in [0.1, 0.15) is 24.0 Å². The van der Waals surface area contributed by atoms with Crippen LogP contribution < -0.4 is 11.0 Å². The number of amides is 1. The van der Waals surface area contributed by atoms with E-state index in [0.717, 1.165) is 49.2 Å². The number of aryl methyl sites for hydroxylation is 3. The number of nitrogens with zero attached hydrogens (tertiary/aromatic N) is 3. The standard InChI is InChI=1S/C23H28N4O2/c1-16-7-4-5-8-17(16)14-27-12-6-9-18(15-27)22(28)24-19-10-11-20-21(13-19)26(3)23(29)25(20)2/h4-5,7-8,10-11,13,18H,6,9,12,14-15H2,1-3H3,(H,24,28). The molecule has 4 rings (SSSR count). The topological polar surface area (TPSA) is 59.3 Å². The number of piperidine rings is 1. The molecule has 6 heteroatoms. The van der Waals surface area contributed by atoms with E-state index in [1.54, 1.807) is 23.2 Å². The van der Waals surface area contributed by atoms with Gasteiger partial charge in [-0.2, -0.15) is 0 Å². The summed E-state index contributed by atoms with van der Waals surface area (Å²) in [6.07, 6.45) is 1.93. The van der Waals surface area contributed by atoms with E-state index >= 15 is 0 Å². The first kappa shape index (κ1) is 19.5. The predicted molar refractivity (Wildman–Crippen MR) is 116 cm³/mol. The molecule has 0 saturated carbocycles. The average molecular weight is 393 g/mol. The molecule has 1 aliphatic heterocycles. The lowest BCUT2D eigenvalue weighted by Gasteiger charge is -2.32. The van der Waals surface area contributed by atoms with E-state index in [1.807, 2.05) is 18.2 Å². The second-order valence-electron chi connectivity index (χ2n) is 8.09. The molecule has 1 aromatic heterocycles. The molecule has 1 amide bonds. The van der Waals surface area contributed by atoms with E-state index in [-0.39, 0.29) is 17.5 Å². The minimum Gasteiger partial charge on any atom is -0.326 e. The lowest BCUT2D eigenvalue weighted by molar-refractivity contribution is -0.121. The first-order valence-corrected chi connectivity index (χ1v) is 10.2. The molecule has 29 heavy (non-hydrogen) atoms. The summed E-state index contributed by atoms with van der Waals surface area (Å²) in [5.74, 6) is 0.0304. The van der Waals surface area contributed by atoms with E-state index in [9.17, 15) is 9.59 Å². The molecule has 1 saturated heterocycles. The number of imidazole rings is 1. The first-order valence-electron chi connectivity index (χ1n) is 10.2. The summed E-state index contributed by atoms with van der Waals surface area (Å²) in [7, 11) is 3.51. The van der Waals surface area contributed by atoms with Gasteiger partial charge in [0.1, 0.15) is 0 Å². The van der Waals surface area contributed by atoms with Crippen LogP contribution in [-0.2, 0) is 25.4 Å². The Kier molecular flexibility index (Phi) is 5.28. The van der Waals surface area contributed by atoms with Crippen LogP contribution in [0.15, 0.2) is 47.3 Å². The molecule has 2 aromatic carbocycles. The van der Waals surface area contributed by atoms with Crippen molar-refractivity contribution in [1.29, 1.82) is 0 Å². The molecule has 1 atom stereocenters. The molecule has 0 radical (unpaired) electrons. The largest absolute Gasteiger partial charge is 0.328 e. The molecule has 6 nitrogen and oxygen atoms in total. The van der Waals surface area contributed by atoms with Crippen LogP contribution in [0.3, 0.4) is 0 Å². The number of hydrogen-bond acceptors (Lipinski definition) is 3. The zero-order valence-electron chi connectivity index (χ0n) is 17.3. The van der Waals surface area contributed by atoms with Gasteiger partial charge in [0.25, 0.3) is 0 Å². The molecule has 0 spiro atoms. The normalized spacial score (nSPS) is 17.6. The summed E-state index contributed by atoms with van der Waals surface area (Å²) in [6.45, 7) is 4.81. The monoisotopic (exact) mass is 392 g/mol. The second kappa shape index (κ2) is 7.87. The van der Waals surface area contributed by atoms with Gasteiger partial charge >= 0.3 is 5.69 Å². The maximum absolute atomic E-state index is 12.9. The lowest BCUT2D eigenvalue weighted by atomic mass is 9.96. The van der Waals surface area contributed by atoms with Crippen molar-refractivity contribution in [1.82, 2.24) is 14.0 Å². The quantitative estimate of drug-likeness (QED) is 0.742. The maximum atomic E-state index is 12.9. The fourth-order valence-electron chi connectivity index (χ4n) is 4.27. The van der Waals surface area contributed by atoms with E-state index in [0.29, 0.717) is 0 Å². The maximum Gasteiger partial charge on any atom is 0.328 e. The van der Waals surface area contributed by atoms with Crippen LogP contribution >= 0.6 is 0 Å². The first-order chi connectivity index (χ1) is 13.9. The van der Waals surface area contributed by atoms with Gasteiger partial charge in [-0.25, -0.2) is 4.79 Å². The molecule has 0 aliphatic carbocycles. The molecule has 1 aliphatic rings. The number of anilines is 1. The average Bonchev–Trinajstić information content (AvgIpc) is 2.94. The Morgan fingerprint density at radius 2 is 1.86 bits per heavy atom. The molecular formula is C23H28N4O2. The zero-order valence-corrected chi connectivity index (χ0v) is 17.3. The number of aromatic nitrogens is 2. The third kappa shape index (κ3) is 3.85. The Balaban J connectivity index is 1.45. The van der Waals surface area contributed by atoms with Crippen molar-refractivity contribution in [3.8, 4) is 0 Å². The summed E-state index contributed by atoms with van der Waals surface area (Å²) in [6, 6.07) is 14.1. The Morgan fingerprint density at radius 3 is 2.66 bits per heavy atom. The van der Waals surface area contributed by atoms with Crippen molar-refractivity contribution in [2.45, 2.75) is 26.3 Å². The van der Waals surface area contributed by atoms with Crippen molar-refractivity contribution in [2.75, 3.05) is 18.4 Å². The van der Waals surface area contributed by atoms with Gasteiger partial charge in [-0.1, -0.05) is 24.3 Å². The van der Waals surface area contributed by atoms with Crippen LogP contribution in [0, 0.1) is 12.8 Å². The number of likely N-dealkylation sites (tertiary alicyclic amines) is 1. The fourth-order valence-corrected chi connectivity index (χ4v) is 4.27. The van der Waals surface area contributed by atoms with Crippen LogP contribution in [0.5, 0.6) is 0 Å². The van der Waals surface area contributed by atoms with E-state index < -0.39 is 0 Å². The van der Waals surface area contributed by atoms with E-state index in [4.69, 9.17) is 0 Å². The minimum atomic E-state index is -0.0670. The van der Waals surface area contributed by atoms with Crippen molar-refractivity contribution in [3.05, 3.63) is 64.1 Å². The Morgan fingerprint density at radius 1 is 1.10 bits per heavy atom. The second-order valence-corrected chi connectivity index (χ2v) is 8.09. The summed E-state index contributed by atoms with van der Waals surface area (Å²) < 4.78 is 3.22. The third-order valence-corrected chi connectivity index (χ3v) is 6.07. The highest BCUT2D eigenvalue weighted by atomic mass is 16.2. The fraction of sp³-hybridized carbons (Fsp3) is 0.391. The zero-order chi connectivity index (χ0) is 20.5. The van der Waals surface area contributed by atoms with Crippen LogP contribution in [0.2, 0.25) is 0 Å². The highest BCUT2D eigenvalue weighted by Gasteiger charge is 2.26. The van der Waals surface area contributed by atoms with Crippen LogP contribution in [0.25, 0.3) is 11.0 Å². The molecule has 1 unspecified atom stereocenters. The smallest absolute Gasteiger partial charge is 0.326 e. The highest BCUT2D eigenvalue weighted by Crippen LogP contribution is 2.23. The Labute approximate surface area is 170 Å². The van der Waals surface area contributed by atoms with Gasteiger partial charge in [0.2, 0.25) is 5.91 Å². The number of carbonyl (C=O) groups is 1. The van der Waals surface area contributed by atoms with E-state index in [2.05, 4.69) is 41.4 Å². The number of hydrogen-bond donors (Lipinski definition) is 1. The SMILES string of the molecule is Cc1ccccc1CN1CCCC(C(=O)Nc2ccc3c(c2)n(C)c(=O)n3C)C1. The number of nitrogens with one attached hydrogen (secondary N) is 1.